The summed E-state index contributed by atoms with van der Waals surface area (Å²) in [4.78, 5) is 4.31. The Morgan fingerprint density at radius 1 is 1.29 bits per heavy atom. The van der Waals surface area contributed by atoms with Crippen molar-refractivity contribution in [3.63, 3.8) is 0 Å². The minimum absolute atomic E-state index is 0.610. The molecule has 0 spiro atoms. The average Bonchev–Trinajstić information content (AvgIpc) is 2.82. The lowest BCUT2D eigenvalue weighted by Gasteiger charge is -2.09. The molecule has 0 aliphatic rings. The predicted octanol–water partition coefficient (Wildman–Crippen LogP) is 2.77. The molecule has 2 aromatic heterocycles. The first-order valence-electron chi connectivity index (χ1n) is 5.09. The maximum atomic E-state index is 5.99. The summed E-state index contributed by atoms with van der Waals surface area (Å²) in [5.74, 6) is 0. The van der Waals surface area contributed by atoms with E-state index >= 15 is 0 Å². The summed E-state index contributed by atoms with van der Waals surface area (Å²) in [6, 6.07) is 7.77. The van der Waals surface area contributed by atoms with E-state index in [-0.39, 0.29) is 0 Å². The zero-order valence-corrected chi connectivity index (χ0v) is 10.4. The van der Waals surface area contributed by atoms with Crippen LogP contribution in [0.4, 0.5) is 5.69 Å². The molecule has 84 valence electrons. The Morgan fingerprint density at radius 2 is 2.18 bits per heavy atom. The van der Waals surface area contributed by atoms with Gasteiger partial charge in [0, 0.05) is 22.3 Å². The molecule has 0 radical (unpaired) electrons. The Bertz CT molecular complexity index is 671. The number of nitrogens with zero attached hydrogens (tertiary/aromatic N) is 3. The fourth-order valence-electron chi connectivity index (χ4n) is 1.82. The first kappa shape index (κ1) is 10.3. The van der Waals surface area contributed by atoms with E-state index in [1.807, 2.05) is 30.5 Å². The zero-order chi connectivity index (χ0) is 11.8. The quantitative estimate of drug-likeness (QED) is 0.749. The van der Waals surface area contributed by atoms with Crippen LogP contribution in [-0.4, -0.2) is 14.8 Å². The summed E-state index contributed by atoms with van der Waals surface area (Å²) >= 11 is 3.46. The van der Waals surface area contributed by atoms with Gasteiger partial charge < -0.3 is 5.73 Å². The number of pyridine rings is 1. The van der Waals surface area contributed by atoms with Crippen LogP contribution >= 0.6 is 15.9 Å². The van der Waals surface area contributed by atoms with E-state index < -0.39 is 0 Å². The second-order valence-corrected chi connectivity index (χ2v) is 4.59. The molecule has 5 heteroatoms. The third-order valence-electron chi connectivity index (χ3n) is 2.56. The summed E-state index contributed by atoms with van der Waals surface area (Å²) in [6.07, 6.45) is 5.25. The number of nitrogens with two attached hydrogens (primary N) is 1. The number of rotatable bonds is 1. The largest absolute Gasteiger partial charge is 0.396 e. The Labute approximate surface area is 106 Å². The first-order valence-corrected chi connectivity index (χ1v) is 5.89. The average molecular weight is 289 g/mol. The number of hydrogen-bond acceptors (Lipinski definition) is 3. The topological polar surface area (TPSA) is 56.7 Å². The highest BCUT2D eigenvalue weighted by Crippen LogP contribution is 2.28. The van der Waals surface area contributed by atoms with Crippen LogP contribution < -0.4 is 5.73 Å². The summed E-state index contributed by atoms with van der Waals surface area (Å²) in [5, 5.41) is 5.20. The van der Waals surface area contributed by atoms with Crippen molar-refractivity contribution in [2.24, 2.45) is 0 Å². The molecule has 0 fully saturated rings. The van der Waals surface area contributed by atoms with Crippen molar-refractivity contribution >= 4 is 32.5 Å². The van der Waals surface area contributed by atoms with E-state index in [9.17, 15) is 0 Å². The molecule has 0 amide bonds. The molecule has 3 rings (SSSR count). The third kappa shape index (κ3) is 1.68. The zero-order valence-electron chi connectivity index (χ0n) is 8.84. The predicted molar refractivity (Wildman–Crippen MR) is 71.0 cm³/mol. The summed E-state index contributed by atoms with van der Waals surface area (Å²) < 4.78 is 2.75. The van der Waals surface area contributed by atoms with E-state index in [0.717, 1.165) is 21.1 Å². The molecule has 0 bridgehead atoms. The molecular formula is C12H9BrN4. The van der Waals surface area contributed by atoms with Crippen LogP contribution in [0.25, 0.3) is 16.6 Å². The second kappa shape index (κ2) is 3.85. The van der Waals surface area contributed by atoms with Crippen molar-refractivity contribution in [3.05, 3.63) is 47.3 Å². The van der Waals surface area contributed by atoms with Crippen LogP contribution in [0.15, 0.2) is 47.3 Å². The lowest BCUT2D eigenvalue weighted by atomic mass is 10.1. The van der Waals surface area contributed by atoms with Gasteiger partial charge in [-0.15, -0.1) is 0 Å². The Morgan fingerprint density at radius 3 is 2.94 bits per heavy atom. The van der Waals surface area contributed by atoms with Crippen molar-refractivity contribution in [1.82, 2.24) is 14.8 Å². The molecule has 17 heavy (non-hydrogen) atoms. The molecule has 0 aliphatic carbocycles. The molecule has 3 aromatic rings. The van der Waals surface area contributed by atoms with Crippen LogP contribution in [0.3, 0.4) is 0 Å². The van der Waals surface area contributed by atoms with Crippen LogP contribution in [-0.2, 0) is 0 Å². The summed E-state index contributed by atoms with van der Waals surface area (Å²) in [6.45, 7) is 0. The lowest BCUT2D eigenvalue weighted by molar-refractivity contribution is 0.888. The minimum Gasteiger partial charge on any atom is -0.396 e. The normalized spacial score (nSPS) is 10.9. The number of benzene rings is 1. The highest BCUT2D eigenvalue weighted by molar-refractivity contribution is 9.10. The van der Waals surface area contributed by atoms with Crippen LogP contribution in [0.5, 0.6) is 0 Å². The van der Waals surface area contributed by atoms with E-state index in [4.69, 9.17) is 5.73 Å². The lowest BCUT2D eigenvalue weighted by Crippen LogP contribution is -2.02. The standard InChI is InChI=1S/C12H9BrN4/c13-8-2-3-11-9(6-8)12(10(14)7-15-11)17-5-1-4-16-17/h1-7H,14H2. The molecule has 0 aliphatic heterocycles. The summed E-state index contributed by atoms with van der Waals surface area (Å²) in [7, 11) is 0. The van der Waals surface area contributed by atoms with Gasteiger partial charge in [0.25, 0.3) is 0 Å². The maximum absolute atomic E-state index is 5.99. The van der Waals surface area contributed by atoms with E-state index in [1.54, 1.807) is 17.1 Å². The highest BCUT2D eigenvalue weighted by atomic mass is 79.9. The SMILES string of the molecule is Nc1cnc2ccc(Br)cc2c1-n1cccn1. The molecule has 0 atom stereocenters. The van der Waals surface area contributed by atoms with Crippen molar-refractivity contribution in [1.29, 1.82) is 0 Å². The molecule has 1 aromatic carbocycles. The maximum Gasteiger partial charge on any atom is 0.0984 e. The first-order chi connectivity index (χ1) is 8.25. The van der Waals surface area contributed by atoms with Gasteiger partial charge in [-0.1, -0.05) is 15.9 Å². The molecule has 2 heterocycles. The highest BCUT2D eigenvalue weighted by Gasteiger charge is 2.09. The van der Waals surface area contributed by atoms with Gasteiger partial charge in [0.05, 0.1) is 23.1 Å². The van der Waals surface area contributed by atoms with Gasteiger partial charge in [0.2, 0.25) is 0 Å². The number of anilines is 1. The minimum atomic E-state index is 0.610. The fraction of sp³-hybridized carbons (Fsp3) is 0. The molecule has 4 nitrogen and oxygen atoms in total. The van der Waals surface area contributed by atoms with Gasteiger partial charge in [-0.3, -0.25) is 4.98 Å². The van der Waals surface area contributed by atoms with Gasteiger partial charge in [-0.25, -0.2) is 4.68 Å². The summed E-state index contributed by atoms with van der Waals surface area (Å²) in [5.41, 5.74) is 8.36. The van der Waals surface area contributed by atoms with Crippen molar-refractivity contribution in [2.45, 2.75) is 0 Å². The van der Waals surface area contributed by atoms with Crippen LogP contribution in [0.1, 0.15) is 0 Å². The van der Waals surface area contributed by atoms with Gasteiger partial charge >= 0.3 is 0 Å². The molecule has 0 saturated carbocycles. The van der Waals surface area contributed by atoms with Gasteiger partial charge in [-0.05, 0) is 24.3 Å². The molecule has 2 N–H and O–H groups in total. The van der Waals surface area contributed by atoms with Crippen LogP contribution in [0.2, 0.25) is 0 Å². The monoisotopic (exact) mass is 288 g/mol. The van der Waals surface area contributed by atoms with Crippen LogP contribution in [0, 0.1) is 0 Å². The number of nitrogen functional groups attached to an aromatic ring is 1. The third-order valence-corrected chi connectivity index (χ3v) is 3.06. The number of halogens is 1. The smallest absolute Gasteiger partial charge is 0.0984 e. The van der Waals surface area contributed by atoms with Gasteiger partial charge in [-0.2, -0.15) is 5.10 Å². The van der Waals surface area contributed by atoms with Crippen molar-refractivity contribution in [2.75, 3.05) is 5.73 Å². The van der Waals surface area contributed by atoms with E-state index in [1.165, 1.54) is 0 Å². The van der Waals surface area contributed by atoms with E-state index in [0.29, 0.717) is 5.69 Å². The fourth-order valence-corrected chi connectivity index (χ4v) is 2.18. The Hall–Kier alpha value is -1.88. The molecule has 0 saturated heterocycles. The Kier molecular flexibility index (Phi) is 2.33. The molecule has 0 unspecified atom stereocenters. The van der Waals surface area contributed by atoms with Crippen molar-refractivity contribution in [3.8, 4) is 5.69 Å². The Balaban J connectivity index is 2.42. The van der Waals surface area contributed by atoms with E-state index in [2.05, 4.69) is 26.0 Å². The van der Waals surface area contributed by atoms with Crippen molar-refractivity contribution < 1.29 is 0 Å². The number of aromatic nitrogens is 3. The van der Waals surface area contributed by atoms with Gasteiger partial charge in [0.15, 0.2) is 0 Å². The number of hydrogen-bond donors (Lipinski definition) is 1. The molecular weight excluding hydrogens is 280 g/mol. The number of fused-ring (bicyclic) bond motifs is 1. The second-order valence-electron chi connectivity index (χ2n) is 3.67. The van der Waals surface area contributed by atoms with Gasteiger partial charge in [0.1, 0.15) is 0 Å².